The minimum Gasteiger partial charge on any atom is -0.296 e. The third kappa shape index (κ3) is 2.35. The first-order chi connectivity index (χ1) is 3.18. The Morgan fingerprint density at radius 2 is 2.43 bits per heavy atom. The van der Waals surface area contributed by atoms with E-state index in [-0.39, 0.29) is 10.5 Å². The lowest BCUT2D eigenvalue weighted by Crippen LogP contribution is -1.96. The van der Waals surface area contributed by atoms with E-state index in [0.717, 1.165) is 0 Å². The van der Waals surface area contributed by atoms with Crippen LogP contribution in [0.1, 0.15) is 6.92 Å². The van der Waals surface area contributed by atoms with Gasteiger partial charge in [-0.05, 0) is 22.9 Å². The maximum atomic E-state index is 8.08. The van der Waals surface area contributed by atoms with Gasteiger partial charge >= 0.3 is 0 Å². The number of nitrogens with one attached hydrogen (secondary N) is 1. The van der Waals surface area contributed by atoms with E-state index in [1.165, 1.54) is 0 Å². The number of hydrogen-bond acceptors (Lipinski definition) is 2. The number of rotatable bonds is 1. The second-order valence-electron chi connectivity index (χ2n) is 1.20. The molecule has 0 amide bonds. The molecule has 2 nitrogen and oxygen atoms in total. The highest BCUT2D eigenvalue weighted by Crippen LogP contribution is 1.99. The molecule has 0 heterocycles. The minimum atomic E-state index is -0.292. The van der Waals surface area contributed by atoms with Crippen molar-refractivity contribution in [3.05, 3.63) is 0 Å². The molecule has 0 aliphatic rings. The van der Waals surface area contributed by atoms with Crippen molar-refractivity contribution in [1.82, 2.24) is 0 Å². The molecule has 0 aromatic carbocycles. The standard InChI is InChI=1S/C4H5BrN2/c1-3(2-6)4(5)7/h3,7H,1H3. The van der Waals surface area contributed by atoms with Crippen LogP contribution in [0.25, 0.3) is 0 Å². The summed E-state index contributed by atoms with van der Waals surface area (Å²) in [6.07, 6.45) is 0. The Labute approximate surface area is 50.8 Å². The third-order valence-electron chi connectivity index (χ3n) is 0.574. The lowest BCUT2D eigenvalue weighted by Gasteiger charge is -1.89. The quantitative estimate of drug-likeness (QED) is 0.582. The van der Waals surface area contributed by atoms with Crippen molar-refractivity contribution in [3.8, 4) is 6.07 Å². The SMILES string of the molecule is CC(C#N)C(=N)Br. The number of nitriles is 1. The Bertz CT molecular complexity index is 113. The summed E-state index contributed by atoms with van der Waals surface area (Å²) in [4.78, 5) is 0. The van der Waals surface area contributed by atoms with Gasteiger partial charge in [-0.25, -0.2) is 0 Å². The Balaban J connectivity index is 3.63. The summed E-state index contributed by atoms with van der Waals surface area (Å²) in [5.74, 6) is -0.292. The van der Waals surface area contributed by atoms with Gasteiger partial charge in [0.25, 0.3) is 0 Å². The van der Waals surface area contributed by atoms with E-state index < -0.39 is 0 Å². The van der Waals surface area contributed by atoms with Crippen LogP contribution in [0.15, 0.2) is 0 Å². The van der Waals surface area contributed by atoms with Gasteiger partial charge in [-0.3, -0.25) is 5.41 Å². The largest absolute Gasteiger partial charge is 0.296 e. The van der Waals surface area contributed by atoms with Crippen LogP contribution in [-0.2, 0) is 0 Å². The summed E-state index contributed by atoms with van der Waals surface area (Å²) in [6, 6.07) is 1.89. The fourth-order valence-corrected chi connectivity index (χ4v) is 0.159. The molecule has 1 unspecified atom stereocenters. The highest BCUT2D eigenvalue weighted by atomic mass is 79.9. The van der Waals surface area contributed by atoms with E-state index >= 15 is 0 Å². The van der Waals surface area contributed by atoms with Crippen LogP contribution in [0, 0.1) is 22.7 Å². The molecule has 1 N–H and O–H groups in total. The van der Waals surface area contributed by atoms with E-state index in [1.54, 1.807) is 6.92 Å². The van der Waals surface area contributed by atoms with Crippen LogP contribution >= 0.6 is 15.9 Å². The van der Waals surface area contributed by atoms with Crippen molar-refractivity contribution in [3.63, 3.8) is 0 Å². The van der Waals surface area contributed by atoms with Crippen LogP contribution in [-0.4, -0.2) is 4.62 Å². The Kier molecular flexibility index (Phi) is 2.61. The zero-order valence-electron chi connectivity index (χ0n) is 3.90. The van der Waals surface area contributed by atoms with E-state index in [2.05, 4.69) is 15.9 Å². The predicted octanol–water partition coefficient (Wildman–Crippen LogP) is 1.52. The van der Waals surface area contributed by atoms with Gasteiger partial charge in [0, 0.05) is 0 Å². The van der Waals surface area contributed by atoms with Crippen molar-refractivity contribution in [1.29, 1.82) is 10.7 Å². The molecule has 0 bridgehead atoms. The second kappa shape index (κ2) is 2.75. The lowest BCUT2D eigenvalue weighted by atomic mass is 10.2. The van der Waals surface area contributed by atoms with Crippen molar-refractivity contribution in [2.45, 2.75) is 6.92 Å². The average Bonchev–Trinajstić information content (AvgIpc) is 1.65. The summed E-state index contributed by atoms with van der Waals surface area (Å²) in [5, 5.41) is 14.9. The summed E-state index contributed by atoms with van der Waals surface area (Å²) >= 11 is 2.86. The fourth-order valence-electron chi connectivity index (χ4n) is 0.0567. The zero-order chi connectivity index (χ0) is 5.86. The van der Waals surface area contributed by atoms with E-state index in [1.807, 2.05) is 6.07 Å². The molecule has 0 aromatic rings. The lowest BCUT2D eigenvalue weighted by molar-refractivity contribution is 1.02. The molecule has 0 aliphatic heterocycles. The molecule has 7 heavy (non-hydrogen) atoms. The van der Waals surface area contributed by atoms with Crippen molar-refractivity contribution < 1.29 is 0 Å². The van der Waals surface area contributed by atoms with Crippen molar-refractivity contribution in [2.24, 2.45) is 5.92 Å². The number of halogens is 1. The van der Waals surface area contributed by atoms with Gasteiger partial charge in [0.05, 0.1) is 16.6 Å². The van der Waals surface area contributed by atoms with Crippen LogP contribution in [0.2, 0.25) is 0 Å². The third-order valence-corrected chi connectivity index (χ3v) is 1.26. The van der Waals surface area contributed by atoms with Gasteiger partial charge < -0.3 is 0 Å². The Morgan fingerprint density at radius 3 is 2.43 bits per heavy atom. The van der Waals surface area contributed by atoms with Crippen LogP contribution < -0.4 is 0 Å². The molecule has 0 aromatic heterocycles. The summed E-state index contributed by atoms with van der Waals surface area (Å²) in [5.41, 5.74) is 0. The molecular weight excluding hydrogens is 156 g/mol. The number of hydrogen-bond donors (Lipinski definition) is 1. The van der Waals surface area contributed by atoms with Crippen LogP contribution in [0.4, 0.5) is 0 Å². The Hall–Kier alpha value is -0.360. The van der Waals surface area contributed by atoms with Gasteiger partial charge in [0.2, 0.25) is 0 Å². The molecule has 1 atom stereocenters. The van der Waals surface area contributed by atoms with Gasteiger partial charge in [0.15, 0.2) is 0 Å². The Morgan fingerprint density at radius 1 is 2.00 bits per heavy atom. The highest BCUT2D eigenvalue weighted by molar-refractivity contribution is 9.18. The van der Waals surface area contributed by atoms with E-state index in [4.69, 9.17) is 10.7 Å². The molecule has 0 aliphatic carbocycles. The molecule has 0 spiro atoms. The first kappa shape index (κ1) is 6.64. The second-order valence-corrected chi connectivity index (χ2v) is 2.05. The molecule has 0 fully saturated rings. The molecule has 0 radical (unpaired) electrons. The fraction of sp³-hybridized carbons (Fsp3) is 0.500. The summed E-state index contributed by atoms with van der Waals surface area (Å²) < 4.78 is 0.245. The number of nitrogens with zero attached hydrogens (tertiary/aromatic N) is 1. The first-order valence-corrected chi connectivity index (χ1v) is 2.61. The smallest absolute Gasteiger partial charge is 0.0916 e. The molecule has 0 saturated carbocycles. The van der Waals surface area contributed by atoms with Gasteiger partial charge in [0.1, 0.15) is 0 Å². The molecule has 0 rings (SSSR count). The summed E-state index contributed by atoms with van der Waals surface area (Å²) in [6.45, 7) is 1.66. The van der Waals surface area contributed by atoms with Gasteiger partial charge in [-0.2, -0.15) is 5.26 Å². The topological polar surface area (TPSA) is 47.6 Å². The maximum absolute atomic E-state index is 8.08. The highest BCUT2D eigenvalue weighted by Gasteiger charge is 1.99. The first-order valence-electron chi connectivity index (χ1n) is 1.82. The van der Waals surface area contributed by atoms with Crippen molar-refractivity contribution >= 4 is 20.6 Å². The maximum Gasteiger partial charge on any atom is 0.0916 e. The monoisotopic (exact) mass is 160 g/mol. The predicted molar refractivity (Wildman–Crippen MR) is 31.4 cm³/mol. The normalized spacial score (nSPS) is 12.1. The molecule has 38 valence electrons. The van der Waals surface area contributed by atoms with Gasteiger partial charge in [-0.1, -0.05) is 0 Å². The molecule has 3 heteroatoms. The van der Waals surface area contributed by atoms with E-state index in [0.29, 0.717) is 0 Å². The minimum absolute atomic E-state index is 0.245. The molecular formula is C4H5BrN2. The van der Waals surface area contributed by atoms with Crippen LogP contribution in [0.3, 0.4) is 0 Å². The van der Waals surface area contributed by atoms with Gasteiger partial charge in [-0.15, -0.1) is 0 Å². The van der Waals surface area contributed by atoms with E-state index in [9.17, 15) is 0 Å². The van der Waals surface area contributed by atoms with Crippen molar-refractivity contribution in [2.75, 3.05) is 0 Å². The average molecular weight is 161 g/mol. The zero-order valence-corrected chi connectivity index (χ0v) is 5.49. The molecule has 0 saturated heterocycles. The summed E-state index contributed by atoms with van der Waals surface area (Å²) in [7, 11) is 0. The van der Waals surface area contributed by atoms with Crippen LogP contribution in [0.5, 0.6) is 0 Å².